The second kappa shape index (κ2) is 20.0. The zero-order valence-electron chi connectivity index (χ0n) is 42.7. The van der Waals surface area contributed by atoms with Crippen molar-refractivity contribution in [2.45, 2.75) is 13.8 Å². The van der Waals surface area contributed by atoms with E-state index in [-0.39, 0.29) is 0 Å². The van der Waals surface area contributed by atoms with E-state index in [2.05, 4.69) is 305 Å². The molecule has 13 rings (SSSR count). The molecule has 0 spiro atoms. The SMILES string of the molecule is Cc1ccccc1-c1cccc2c(-c3ccc(-c4cc(-c5ccccc5)cc(-c5ccccc5)c4)cc3)c3c(-c4ccccc4C)cccc3c(-c3ccc(-c4cc(-c5ccccc5)cc(-c5ccccc5)c4)cc3)c12. The first kappa shape index (κ1) is 46.2. The molecule has 0 bridgehead atoms. The molecule has 13 aromatic rings. The van der Waals surface area contributed by atoms with Gasteiger partial charge >= 0.3 is 0 Å². The van der Waals surface area contributed by atoms with E-state index in [1.165, 1.54) is 144 Å². The van der Waals surface area contributed by atoms with Crippen molar-refractivity contribution in [2.24, 2.45) is 0 Å². The Labute approximate surface area is 446 Å². The number of hydrogen-bond acceptors (Lipinski definition) is 0. The average molecular weight is 967 g/mol. The number of fused-ring (bicyclic) bond motifs is 2. The fourth-order valence-corrected chi connectivity index (χ4v) is 11.6. The fourth-order valence-electron chi connectivity index (χ4n) is 11.6. The van der Waals surface area contributed by atoms with Crippen LogP contribution >= 0.6 is 0 Å². The molecule has 13 aromatic carbocycles. The van der Waals surface area contributed by atoms with Crippen molar-refractivity contribution in [3.63, 3.8) is 0 Å². The molecule has 0 aromatic heterocycles. The van der Waals surface area contributed by atoms with Crippen LogP contribution in [-0.4, -0.2) is 0 Å². The van der Waals surface area contributed by atoms with Gasteiger partial charge in [-0.15, -0.1) is 0 Å². The summed E-state index contributed by atoms with van der Waals surface area (Å²) < 4.78 is 0. The summed E-state index contributed by atoms with van der Waals surface area (Å²) in [6, 6.07) is 107. The predicted molar refractivity (Wildman–Crippen MR) is 325 cm³/mol. The third-order valence-electron chi connectivity index (χ3n) is 15.3. The van der Waals surface area contributed by atoms with Crippen molar-refractivity contribution in [1.29, 1.82) is 0 Å². The van der Waals surface area contributed by atoms with Gasteiger partial charge in [0.15, 0.2) is 0 Å². The Morgan fingerprint density at radius 3 is 0.697 bits per heavy atom. The molecule has 0 saturated carbocycles. The molecule has 0 heteroatoms. The highest BCUT2D eigenvalue weighted by Gasteiger charge is 2.23. The highest BCUT2D eigenvalue weighted by molar-refractivity contribution is 6.27. The number of rotatable bonds is 10. The maximum atomic E-state index is 2.36. The Bertz CT molecular complexity index is 3830. The van der Waals surface area contributed by atoms with Crippen LogP contribution in [0.15, 0.2) is 291 Å². The minimum atomic E-state index is 1.17. The minimum Gasteiger partial charge on any atom is -0.0622 e. The monoisotopic (exact) mass is 966 g/mol. The molecule has 0 amide bonds. The average Bonchev–Trinajstić information content (AvgIpc) is 3.56. The maximum absolute atomic E-state index is 2.36. The van der Waals surface area contributed by atoms with Gasteiger partial charge in [-0.3, -0.25) is 0 Å². The molecule has 0 atom stereocenters. The standard InChI is InChI=1S/C76H54/c1-51-21-15-17-31-67(51)69-33-19-35-71-74(60-43-39-58(40-44-60)66-49-63(55-27-11-5-12-28-55)46-64(50-66)56-29-13-6-14-30-56)76-70(68-32-18-16-22-52(68)2)34-20-36-72(76)73(75(69)71)59-41-37-57(38-42-59)65-47-61(53-23-7-3-8-24-53)45-62(48-65)54-25-9-4-10-26-54/h3-50H,1-2H3. The summed E-state index contributed by atoms with van der Waals surface area (Å²) in [6.45, 7) is 4.48. The lowest BCUT2D eigenvalue weighted by atomic mass is 9.80. The van der Waals surface area contributed by atoms with Gasteiger partial charge in [-0.1, -0.05) is 255 Å². The third-order valence-corrected chi connectivity index (χ3v) is 15.3. The topological polar surface area (TPSA) is 0 Å². The summed E-state index contributed by atoms with van der Waals surface area (Å²) in [7, 11) is 0. The molecule has 0 nitrogen and oxygen atoms in total. The van der Waals surface area contributed by atoms with Crippen LogP contribution < -0.4 is 0 Å². The summed E-state index contributed by atoms with van der Waals surface area (Å²) in [6.07, 6.45) is 0. The van der Waals surface area contributed by atoms with Crippen LogP contribution in [0.25, 0.3) is 133 Å². The molecule has 0 N–H and O–H groups in total. The van der Waals surface area contributed by atoms with Crippen molar-refractivity contribution in [2.75, 3.05) is 0 Å². The summed E-state index contributed by atoms with van der Waals surface area (Å²) in [5.41, 5.74) is 26.6. The van der Waals surface area contributed by atoms with Crippen LogP contribution in [0, 0.1) is 13.8 Å². The van der Waals surface area contributed by atoms with Gasteiger partial charge < -0.3 is 0 Å². The number of aryl methyl sites for hydroxylation is 2. The smallest absolute Gasteiger partial charge is 0.00140 e. The molecule has 76 heavy (non-hydrogen) atoms. The van der Waals surface area contributed by atoms with E-state index < -0.39 is 0 Å². The summed E-state index contributed by atoms with van der Waals surface area (Å²) >= 11 is 0. The van der Waals surface area contributed by atoms with Crippen LogP contribution in [0.2, 0.25) is 0 Å². The van der Waals surface area contributed by atoms with Crippen molar-refractivity contribution < 1.29 is 0 Å². The maximum Gasteiger partial charge on any atom is -0.00140 e. The van der Waals surface area contributed by atoms with Crippen LogP contribution in [0.5, 0.6) is 0 Å². The van der Waals surface area contributed by atoms with Gasteiger partial charge in [0.25, 0.3) is 0 Å². The molecule has 0 saturated heterocycles. The van der Waals surface area contributed by atoms with E-state index in [0.29, 0.717) is 0 Å². The summed E-state index contributed by atoms with van der Waals surface area (Å²) in [4.78, 5) is 0. The molecule has 0 heterocycles. The third kappa shape index (κ3) is 8.70. The van der Waals surface area contributed by atoms with Crippen molar-refractivity contribution >= 4 is 21.5 Å². The van der Waals surface area contributed by atoms with Crippen LogP contribution in [0.1, 0.15) is 11.1 Å². The molecule has 0 fully saturated rings. The molecular weight excluding hydrogens is 913 g/mol. The molecule has 0 aliphatic rings. The van der Waals surface area contributed by atoms with E-state index in [0.717, 1.165) is 0 Å². The highest BCUT2D eigenvalue weighted by atomic mass is 14.3. The second-order valence-electron chi connectivity index (χ2n) is 20.1. The van der Waals surface area contributed by atoms with Crippen molar-refractivity contribution in [3.8, 4) is 111 Å². The van der Waals surface area contributed by atoms with Gasteiger partial charge in [0, 0.05) is 0 Å². The predicted octanol–water partition coefficient (Wildman–Crippen LogP) is 21.3. The Morgan fingerprint density at radius 1 is 0.171 bits per heavy atom. The molecule has 0 aliphatic heterocycles. The van der Waals surface area contributed by atoms with E-state index in [1.807, 2.05) is 0 Å². The van der Waals surface area contributed by atoms with Crippen LogP contribution in [-0.2, 0) is 0 Å². The van der Waals surface area contributed by atoms with Gasteiger partial charge in [0.1, 0.15) is 0 Å². The molecular formula is C76H54. The lowest BCUT2D eigenvalue weighted by Crippen LogP contribution is -1.96. The second-order valence-corrected chi connectivity index (χ2v) is 20.1. The lowest BCUT2D eigenvalue weighted by molar-refractivity contribution is 1.46. The van der Waals surface area contributed by atoms with E-state index in [9.17, 15) is 0 Å². The van der Waals surface area contributed by atoms with Gasteiger partial charge in [-0.05, 0) is 194 Å². The zero-order chi connectivity index (χ0) is 51.0. The zero-order valence-corrected chi connectivity index (χ0v) is 42.7. The Balaban J connectivity index is 1.04. The lowest BCUT2D eigenvalue weighted by Gasteiger charge is -2.23. The Morgan fingerprint density at radius 2 is 0.408 bits per heavy atom. The first-order valence-electron chi connectivity index (χ1n) is 26.4. The Hall–Kier alpha value is -9.62. The molecule has 0 unspecified atom stereocenters. The van der Waals surface area contributed by atoms with Gasteiger partial charge in [0.05, 0.1) is 0 Å². The van der Waals surface area contributed by atoms with Crippen LogP contribution in [0.4, 0.5) is 0 Å². The molecule has 0 aliphatic carbocycles. The Kier molecular flexibility index (Phi) is 12.2. The first-order valence-corrected chi connectivity index (χ1v) is 26.4. The van der Waals surface area contributed by atoms with Gasteiger partial charge in [-0.25, -0.2) is 0 Å². The fraction of sp³-hybridized carbons (Fsp3) is 0.0263. The van der Waals surface area contributed by atoms with Crippen molar-refractivity contribution in [1.82, 2.24) is 0 Å². The van der Waals surface area contributed by atoms with E-state index >= 15 is 0 Å². The quantitative estimate of drug-likeness (QED) is 0.120. The van der Waals surface area contributed by atoms with Crippen molar-refractivity contribution in [3.05, 3.63) is 302 Å². The first-order chi connectivity index (χ1) is 37.5. The van der Waals surface area contributed by atoms with E-state index in [1.54, 1.807) is 0 Å². The molecule has 0 radical (unpaired) electrons. The van der Waals surface area contributed by atoms with Gasteiger partial charge in [0.2, 0.25) is 0 Å². The number of benzene rings is 13. The number of hydrogen-bond donors (Lipinski definition) is 0. The van der Waals surface area contributed by atoms with E-state index in [4.69, 9.17) is 0 Å². The highest BCUT2D eigenvalue weighted by Crippen LogP contribution is 2.51. The van der Waals surface area contributed by atoms with Crippen LogP contribution in [0.3, 0.4) is 0 Å². The van der Waals surface area contributed by atoms with Gasteiger partial charge in [-0.2, -0.15) is 0 Å². The minimum absolute atomic E-state index is 1.17. The normalized spacial score (nSPS) is 11.3. The largest absolute Gasteiger partial charge is 0.0622 e. The molecule has 358 valence electrons. The summed E-state index contributed by atoms with van der Waals surface area (Å²) in [5, 5.41) is 4.94. The summed E-state index contributed by atoms with van der Waals surface area (Å²) in [5.74, 6) is 0.